The lowest BCUT2D eigenvalue weighted by molar-refractivity contribution is -0.336. The SMILES string of the molecule is C=CCOC1COC2(CCCCO2)C(OCC=C)C1. The van der Waals surface area contributed by atoms with Crippen LogP contribution in [0.1, 0.15) is 25.7 Å². The summed E-state index contributed by atoms with van der Waals surface area (Å²) in [6, 6.07) is 0. The van der Waals surface area contributed by atoms with Crippen molar-refractivity contribution in [1.82, 2.24) is 0 Å². The molecule has 3 atom stereocenters. The third-order valence-corrected chi connectivity index (χ3v) is 3.61. The van der Waals surface area contributed by atoms with Crippen molar-refractivity contribution in [1.29, 1.82) is 0 Å². The Bertz CT molecular complexity index is 297. The lowest BCUT2D eigenvalue weighted by atomic mass is 9.93. The van der Waals surface area contributed by atoms with Gasteiger partial charge in [-0.15, -0.1) is 13.2 Å². The van der Waals surface area contributed by atoms with Crippen LogP contribution in [0, 0.1) is 0 Å². The van der Waals surface area contributed by atoms with Gasteiger partial charge in [-0.3, -0.25) is 0 Å². The van der Waals surface area contributed by atoms with Gasteiger partial charge in [-0.25, -0.2) is 0 Å². The fourth-order valence-corrected chi connectivity index (χ4v) is 2.67. The van der Waals surface area contributed by atoms with E-state index in [1.807, 2.05) is 0 Å². The van der Waals surface area contributed by atoms with E-state index in [0.717, 1.165) is 32.3 Å². The first-order chi connectivity index (χ1) is 9.30. The molecule has 4 heteroatoms. The van der Waals surface area contributed by atoms with Crippen molar-refractivity contribution in [2.45, 2.75) is 43.7 Å². The molecule has 2 heterocycles. The Kier molecular flexibility index (Phi) is 5.58. The van der Waals surface area contributed by atoms with Gasteiger partial charge >= 0.3 is 0 Å². The molecule has 2 rings (SSSR count). The average Bonchev–Trinajstić information content (AvgIpc) is 2.46. The minimum Gasteiger partial charge on any atom is -0.372 e. The van der Waals surface area contributed by atoms with Crippen LogP contribution in [0.15, 0.2) is 25.3 Å². The van der Waals surface area contributed by atoms with Gasteiger partial charge in [0.25, 0.3) is 0 Å². The summed E-state index contributed by atoms with van der Waals surface area (Å²) in [5.41, 5.74) is 0. The van der Waals surface area contributed by atoms with E-state index >= 15 is 0 Å². The lowest BCUT2D eigenvalue weighted by Gasteiger charge is -2.47. The molecule has 0 aromatic rings. The van der Waals surface area contributed by atoms with Crippen molar-refractivity contribution in [3.8, 4) is 0 Å². The second kappa shape index (κ2) is 7.20. The molecule has 3 unspecified atom stereocenters. The van der Waals surface area contributed by atoms with Gasteiger partial charge in [0.15, 0.2) is 5.79 Å². The molecule has 0 radical (unpaired) electrons. The van der Waals surface area contributed by atoms with E-state index in [1.165, 1.54) is 0 Å². The normalized spacial score (nSPS) is 35.2. The molecule has 0 saturated carbocycles. The highest BCUT2D eigenvalue weighted by Gasteiger charge is 2.48. The minimum absolute atomic E-state index is 0.0453. The molecule has 0 aromatic carbocycles. The third kappa shape index (κ3) is 3.66. The van der Waals surface area contributed by atoms with Crippen LogP contribution in [0.2, 0.25) is 0 Å². The topological polar surface area (TPSA) is 36.9 Å². The highest BCUT2D eigenvalue weighted by Crippen LogP contribution is 2.37. The van der Waals surface area contributed by atoms with Crippen LogP contribution in [0.25, 0.3) is 0 Å². The molecule has 0 N–H and O–H groups in total. The largest absolute Gasteiger partial charge is 0.372 e. The third-order valence-electron chi connectivity index (χ3n) is 3.61. The summed E-state index contributed by atoms with van der Waals surface area (Å²) in [5.74, 6) is -0.574. The van der Waals surface area contributed by atoms with E-state index in [2.05, 4.69) is 13.2 Å². The molecule has 2 aliphatic rings. The zero-order chi connectivity index (χ0) is 13.6. The van der Waals surface area contributed by atoms with Crippen molar-refractivity contribution in [2.24, 2.45) is 0 Å². The molecule has 0 amide bonds. The van der Waals surface area contributed by atoms with Gasteiger partial charge < -0.3 is 18.9 Å². The molecule has 0 bridgehead atoms. The van der Waals surface area contributed by atoms with Crippen molar-refractivity contribution < 1.29 is 18.9 Å². The molecule has 1 spiro atoms. The summed E-state index contributed by atoms with van der Waals surface area (Å²) >= 11 is 0. The maximum absolute atomic E-state index is 5.98. The van der Waals surface area contributed by atoms with Gasteiger partial charge in [0.1, 0.15) is 6.10 Å². The fourth-order valence-electron chi connectivity index (χ4n) is 2.67. The Morgan fingerprint density at radius 1 is 1.11 bits per heavy atom. The molecule has 2 fully saturated rings. The molecule has 0 aromatic heterocycles. The monoisotopic (exact) mass is 268 g/mol. The highest BCUT2D eigenvalue weighted by molar-refractivity contribution is 4.90. The molecule has 2 saturated heterocycles. The molecule has 0 aliphatic carbocycles. The van der Waals surface area contributed by atoms with Gasteiger partial charge in [-0.1, -0.05) is 12.2 Å². The zero-order valence-electron chi connectivity index (χ0n) is 11.5. The highest BCUT2D eigenvalue weighted by atomic mass is 16.7. The van der Waals surface area contributed by atoms with Gasteiger partial charge in [0.2, 0.25) is 0 Å². The first-order valence-electron chi connectivity index (χ1n) is 7.03. The van der Waals surface area contributed by atoms with Gasteiger partial charge in [-0.2, -0.15) is 0 Å². The Labute approximate surface area is 115 Å². The number of rotatable bonds is 6. The van der Waals surface area contributed by atoms with Gasteiger partial charge in [0, 0.05) is 12.8 Å². The Morgan fingerprint density at radius 2 is 1.89 bits per heavy atom. The van der Waals surface area contributed by atoms with Crippen LogP contribution in [-0.2, 0) is 18.9 Å². The standard InChI is InChI=1S/C15H24O4/c1-3-8-16-13-11-14(17-9-4-2)15(19-12-13)7-5-6-10-18-15/h3-4,13-14H,1-2,5-12H2. The van der Waals surface area contributed by atoms with E-state index < -0.39 is 5.79 Å². The van der Waals surface area contributed by atoms with Gasteiger partial charge in [0.05, 0.1) is 32.5 Å². The molecule has 4 nitrogen and oxygen atoms in total. The summed E-state index contributed by atoms with van der Waals surface area (Å²) in [7, 11) is 0. The van der Waals surface area contributed by atoms with Crippen LogP contribution >= 0.6 is 0 Å². The Hall–Kier alpha value is -0.680. The van der Waals surface area contributed by atoms with Crippen molar-refractivity contribution in [3.05, 3.63) is 25.3 Å². The smallest absolute Gasteiger partial charge is 0.194 e. The average molecular weight is 268 g/mol. The minimum atomic E-state index is -0.574. The number of hydrogen-bond donors (Lipinski definition) is 0. The zero-order valence-corrected chi connectivity index (χ0v) is 11.5. The molecule has 108 valence electrons. The van der Waals surface area contributed by atoms with E-state index in [4.69, 9.17) is 18.9 Å². The molecule has 2 aliphatic heterocycles. The van der Waals surface area contributed by atoms with E-state index in [1.54, 1.807) is 12.2 Å². The predicted molar refractivity (Wildman–Crippen MR) is 73.0 cm³/mol. The van der Waals surface area contributed by atoms with Crippen LogP contribution in [0.4, 0.5) is 0 Å². The van der Waals surface area contributed by atoms with Crippen molar-refractivity contribution >= 4 is 0 Å². The Morgan fingerprint density at radius 3 is 2.58 bits per heavy atom. The molecule has 19 heavy (non-hydrogen) atoms. The summed E-state index contributed by atoms with van der Waals surface area (Å²) in [6.45, 7) is 9.70. The fraction of sp³-hybridized carbons (Fsp3) is 0.733. The summed E-state index contributed by atoms with van der Waals surface area (Å²) in [5, 5.41) is 0. The second-order valence-electron chi connectivity index (χ2n) is 5.02. The molecular formula is C15H24O4. The number of ether oxygens (including phenoxy) is 4. The second-order valence-corrected chi connectivity index (χ2v) is 5.02. The van der Waals surface area contributed by atoms with Crippen LogP contribution < -0.4 is 0 Å². The molecular weight excluding hydrogens is 244 g/mol. The van der Waals surface area contributed by atoms with E-state index in [-0.39, 0.29) is 12.2 Å². The van der Waals surface area contributed by atoms with Crippen molar-refractivity contribution in [3.63, 3.8) is 0 Å². The quantitative estimate of drug-likeness (QED) is 0.693. The van der Waals surface area contributed by atoms with Crippen molar-refractivity contribution in [2.75, 3.05) is 26.4 Å². The Balaban J connectivity index is 1.98. The maximum Gasteiger partial charge on any atom is 0.194 e. The summed E-state index contributed by atoms with van der Waals surface area (Å²) in [6.07, 6.45) is 7.36. The summed E-state index contributed by atoms with van der Waals surface area (Å²) in [4.78, 5) is 0. The van der Waals surface area contributed by atoms with Crippen LogP contribution in [0.5, 0.6) is 0 Å². The first-order valence-corrected chi connectivity index (χ1v) is 7.03. The predicted octanol–water partition coefficient (Wildman–Crippen LogP) is 2.45. The van der Waals surface area contributed by atoms with E-state index in [9.17, 15) is 0 Å². The number of hydrogen-bond acceptors (Lipinski definition) is 4. The van der Waals surface area contributed by atoms with Crippen LogP contribution in [-0.4, -0.2) is 44.4 Å². The maximum atomic E-state index is 5.98. The van der Waals surface area contributed by atoms with E-state index in [0.29, 0.717) is 19.8 Å². The van der Waals surface area contributed by atoms with Gasteiger partial charge in [-0.05, 0) is 12.8 Å². The lowest BCUT2D eigenvalue weighted by Crippen LogP contribution is -2.57. The van der Waals surface area contributed by atoms with Crippen LogP contribution in [0.3, 0.4) is 0 Å². The first kappa shape index (κ1) is 14.7. The summed E-state index contributed by atoms with van der Waals surface area (Å²) < 4.78 is 23.4.